The molecule has 10 aromatic rings. The molecule has 0 saturated heterocycles. The number of fused-ring (bicyclic) bond motifs is 7. The smallest absolute Gasteiger partial charge is 0.129 e. The van der Waals surface area contributed by atoms with Crippen LogP contribution in [0.5, 0.6) is 5.75 Å². The number of phenolic OH excluding ortho intramolecular Hbond substituents is 1. The Kier molecular flexibility index (Phi) is 9.19. The van der Waals surface area contributed by atoms with Crippen molar-refractivity contribution in [2.75, 3.05) is 0 Å². The molecule has 3 heterocycles. The van der Waals surface area contributed by atoms with Crippen molar-refractivity contribution in [1.29, 1.82) is 0 Å². The fourth-order valence-corrected chi connectivity index (χ4v) is 9.11. The van der Waals surface area contributed by atoms with Crippen LogP contribution in [0, 0.1) is 6.07 Å². The molecule has 288 valence electrons. The molecule has 0 radical (unpaired) electrons. The molecule has 7 aromatic carbocycles. The Morgan fingerprint density at radius 1 is 0.638 bits per heavy atom. The summed E-state index contributed by atoms with van der Waals surface area (Å²) in [6.45, 7) is 13.1. The van der Waals surface area contributed by atoms with Gasteiger partial charge in [0, 0.05) is 48.6 Å². The first-order chi connectivity index (χ1) is 27.4. The molecule has 0 aliphatic heterocycles. The molecular formula is C52H41N2O2PtS-. The van der Waals surface area contributed by atoms with Gasteiger partial charge < -0.3 is 9.52 Å². The zero-order valence-corrected chi connectivity index (χ0v) is 36.3. The van der Waals surface area contributed by atoms with E-state index in [4.69, 9.17) is 14.4 Å². The largest absolute Gasteiger partial charge is 0.507 e. The fraction of sp³-hybridized carbons (Fsp3) is 0.154. The van der Waals surface area contributed by atoms with Gasteiger partial charge in [-0.1, -0.05) is 149 Å². The monoisotopic (exact) mass is 952 g/mol. The van der Waals surface area contributed by atoms with E-state index in [0.29, 0.717) is 0 Å². The van der Waals surface area contributed by atoms with Gasteiger partial charge in [0.2, 0.25) is 0 Å². The van der Waals surface area contributed by atoms with Gasteiger partial charge in [0.1, 0.15) is 16.3 Å². The summed E-state index contributed by atoms with van der Waals surface area (Å²) in [5.41, 5.74) is 10.5. The molecular weight excluding hydrogens is 912 g/mol. The Balaban J connectivity index is 0.00000436. The molecule has 58 heavy (non-hydrogen) atoms. The third kappa shape index (κ3) is 6.42. The van der Waals surface area contributed by atoms with Gasteiger partial charge in [-0.05, 0) is 84.8 Å². The number of thiazole rings is 1. The van der Waals surface area contributed by atoms with Crippen LogP contribution in [-0.2, 0) is 31.9 Å². The van der Waals surface area contributed by atoms with E-state index < -0.39 is 0 Å². The number of hydrogen-bond acceptors (Lipinski definition) is 5. The summed E-state index contributed by atoms with van der Waals surface area (Å²) < 4.78 is 7.95. The molecule has 0 spiro atoms. The van der Waals surface area contributed by atoms with Gasteiger partial charge in [0.05, 0.1) is 16.7 Å². The first kappa shape index (κ1) is 37.9. The minimum Gasteiger partial charge on any atom is -0.507 e. The number of phenols is 1. The number of benzene rings is 7. The number of aromatic nitrogens is 2. The fourth-order valence-electron chi connectivity index (χ4n) is 8.10. The van der Waals surface area contributed by atoms with Gasteiger partial charge in [0.15, 0.2) is 0 Å². The van der Waals surface area contributed by atoms with Crippen LogP contribution < -0.4 is 0 Å². The molecule has 0 bridgehead atoms. The summed E-state index contributed by atoms with van der Waals surface area (Å²) in [4.78, 5) is 10.2. The Morgan fingerprint density at radius 2 is 1.41 bits per heavy atom. The first-order valence-corrected chi connectivity index (χ1v) is 20.3. The minimum absolute atomic E-state index is 0. The topological polar surface area (TPSA) is 59.2 Å². The normalized spacial score (nSPS) is 12.2. The van der Waals surface area contributed by atoms with Crippen molar-refractivity contribution >= 4 is 65.0 Å². The maximum Gasteiger partial charge on any atom is 0.129 e. The van der Waals surface area contributed by atoms with E-state index in [0.717, 1.165) is 98.1 Å². The number of nitrogens with zero attached hydrogens (tertiary/aromatic N) is 2. The average molecular weight is 953 g/mol. The van der Waals surface area contributed by atoms with Gasteiger partial charge in [-0.25, -0.2) is 4.98 Å². The van der Waals surface area contributed by atoms with Crippen LogP contribution in [0.1, 0.15) is 52.7 Å². The number of hydrogen-bond donors (Lipinski definition) is 1. The Morgan fingerprint density at radius 3 is 2.21 bits per heavy atom. The standard InChI is InChI=1S/C52H41N2O2S.Pt/c1-51(2,3)35-27-42(48(55)43(28-35)52(4,5)6)50-54-47-37(17-12-18-46(47)57-50)40-24-34(44-26-32(21-22-53-44)30-13-8-7-9-14-30)25-41-39-23-33-20-19-31-15-10-11-16-36(31)38(33)29-45(39)56-49(40)41;/h7-23,25-29,55H,1-6H3;/q-1;. The van der Waals surface area contributed by atoms with Crippen molar-refractivity contribution in [3.8, 4) is 49.8 Å². The molecule has 0 saturated carbocycles. The predicted molar refractivity (Wildman–Crippen MR) is 239 cm³/mol. The van der Waals surface area contributed by atoms with Crippen LogP contribution in [0.4, 0.5) is 0 Å². The molecule has 0 amide bonds. The van der Waals surface area contributed by atoms with Crippen molar-refractivity contribution in [2.45, 2.75) is 52.4 Å². The van der Waals surface area contributed by atoms with Gasteiger partial charge >= 0.3 is 0 Å². The quantitative estimate of drug-likeness (QED) is 0.141. The summed E-state index contributed by atoms with van der Waals surface area (Å²) in [6, 6.07) is 48.4. The van der Waals surface area contributed by atoms with E-state index in [9.17, 15) is 5.11 Å². The van der Waals surface area contributed by atoms with Crippen molar-refractivity contribution in [3.05, 3.63) is 151 Å². The molecule has 4 nitrogen and oxygen atoms in total. The second kappa shape index (κ2) is 14.0. The molecule has 0 aliphatic carbocycles. The zero-order chi connectivity index (χ0) is 39.2. The number of para-hydroxylation sites is 1. The molecule has 1 N–H and O–H groups in total. The van der Waals surface area contributed by atoms with Crippen LogP contribution in [0.3, 0.4) is 0 Å². The van der Waals surface area contributed by atoms with Crippen LogP contribution in [0.15, 0.2) is 138 Å². The van der Waals surface area contributed by atoms with Crippen molar-refractivity contribution in [3.63, 3.8) is 0 Å². The summed E-state index contributed by atoms with van der Waals surface area (Å²) in [6.07, 6.45) is 1.87. The van der Waals surface area contributed by atoms with E-state index >= 15 is 0 Å². The van der Waals surface area contributed by atoms with E-state index in [-0.39, 0.29) is 37.6 Å². The molecule has 10 rings (SSSR count). The Labute approximate surface area is 356 Å². The molecule has 0 unspecified atom stereocenters. The van der Waals surface area contributed by atoms with E-state index in [1.165, 1.54) is 10.8 Å². The number of aromatic hydroxyl groups is 1. The van der Waals surface area contributed by atoms with Gasteiger partial charge in [-0.3, -0.25) is 4.98 Å². The summed E-state index contributed by atoms with van der Waals surface area (Å²) in [5, 5.41) is 19.4. The second-order valence-corrected chi connectivity index (χ2v) is 18.2. The minimum atomic E-state index is -0.257. The SMILES string of the molecule is CC(C)(C)c1cc(-c2nc3c(-c4[c-]c(-c5cc(-c6ccccc6)ccn5)cc5c4oc4cc6c(ccc7ccccc76)cc45)cccc3s2)c(O)c(C(C)(C)C)c1.[Pt]. The molecule has 3 aromatic heterocycles. The van der Waals surface area contributed by atoms with Crippen LogP contribution in [0.25, 0.3) is 97.8 Å². The van der Waals surface area contributed by atoms with E-state index in [2.05, 4.69) is 169 Å². The zero-order valence-electron chi connectivity index (χ0n) is 33.2. The van der Waals surface area contributed by atoms with Crippen molar-refractivity contribution < 1.29 is 30.6 Å². The van der Waals surface area contributed by atoms with E-state index in [1.54, 1.807) is 11.3 Å². The Bertz CT molecular complexity index is 3220. The van der Waals surface area contributed by atoms with Crippen molar-refractivity contribution in [2.24, 2.45) is 0 Å². The number of furan rings is 1. The molecule has 0 atom stereocenters. The van der Waals surface area contributed by atoms with Crippen LogP contribution in [0.2, 0.25) is 0 Å². The van der Waals surface area contributed by atoms with Gasteiger partial charge in [-0.15, -0.1) is 23.5 Å². The van der Waals surface area contributed by atoms with Crippen molar-refractivity contribution in [1.82, 2.24) is 9.97 Å². The Hall–Kier alpha value is -5.61. The molecule has 0 aliphatic rings. The number of rotatable bonds is 4. The molecule has 0 fully saturated rings. The van der Waals surface area contributed by atoms with E-state index in [1.807, 2.05) is 12.3 Å². The number of pyridine rings is 1. The summed E-state index contributed by atoms with van der Waals surface area (Å²) >= 11 is 1.60. The molecule has 6 heteroatoms. The van der Waals surface area contributed by atoms with Crippen LogP contribution >= 0.6 is 11.3 Å². The maximum atomic E-state index is 11.9. The van der Waals surface area contributed by atoms with Gasteiger partial charge in [-0.2, -0.15) is 0 Å². The second-order valence-electron chi connectivity index (χ2n) is 17.1. The van der Waals surface area contributed by atoms with Crippen LogP contribution in [-0.4, -0.2) is 15.1 Å². The summed E-state index contributed by atoms with van der Waals surface area (Å²) in [7, 11) is 0. The third-order valence-corrected chi connectivity index (χ3v) is 12.3. The summed E-state index contributed by atoms with van der Waals surface area (Å²) in [5.74, 6) is 0.285. The average Bonchev–Trinajstić information content (AvgIpc) is 3.81. The predicted octanol–water partition coefficient (Wildman–Crippen LogP) is 14.7. The van der Waals surface area contributed by atoms with Gasteiger partial charge in [0.25, 0.3) is 0 Å². The maximum absolute atomic E-state index is 11.9. The third-order valence-electron chi connectivity index (χ3n) is 11.2. The first-order valence-electron chi connectivity index (χ1n) is 19.4.